The summed E-state index contributed by atoms with van der Waals surface area (Å²) in [4.78, 5) is 26.4. The lowest BCUT2D eigenvalue weighted by Gasteiger charge is -2.14. The minimum Gasteiger partial charge on any atom is -0.493 e. The Morgan fingerprint density at radius 3 is 2.58 bits per heavy atom. The highest BCUT2D eigenvalue weighted by Crippen LogP contribution is 2.22. The second-order valence-corrected chi connectivity index (χ2v) is 5.31. The van der Waals surface area contributed by atoms with Gasteiger partial charge in [0.1, 0.15) is 11.4 Å². The Hall–Kier alpha value is -2.83. The Balaban J connectivity index is 2.33. The van der Waals surface area contributed by atoms with Gasteiger partial charge in [-0.15, -0.1) is 0 Å². The first-order chi connectivity index (χ1) is 11.5. The normalized spacial score (nSPS) is 10.3. The van der Waals surface area contributed by atoms with Crippen LogP contribution in [0.5, 0.6) is 5.75 Å². The van der Waals surface area contributed by atoms with E-state index in [0.29, 0.717) is 35.8 Å². The molecule has 1 aromatic heterocycles. The Morgan fingerprint density at radius 2 is 1.96 bits per heavy atom. The van der Waals surface area contributed by atoms with Crippen molar-refractivity contribution in [2.45, 2.75) is 20.4 Å². The molecule has 0 atom stereocenters. The van der Waals surface area contributed by atoms with Crippen LogP contribution in [0.2, 0.25) is 0 Å². The van der Waals surface area contributed by atoms with Crippen molar-refractivity contribution in [3.63, 3.8) is 0 Å². The number of nitrogens with one attached hydrogen (secondary N) is 1. The Kier molecular flexibility index (Phi) is 5.57. The summed E-state index contributed by atoms with van der Waals surface area (Å²) in [5.74, 6) is -0.0638. The number of aromatic nitrogens is 2. The molecule has 0 saturated carbocycles. The molecule has 0 unspecified atom stereocenters. The highest BCUT2D eigenvalue weighted by molar-refractivity contribution is 6.09. The summed E-state index contributed by atoms with van der Waals surface area (Å²) in [6, 6.07) is 6.98. The number of carbonyl (C=O) groups excluding carboxylic acids is 2. The van der Waals surface area contributed by atoms with E-state index in [0.717, 1.165) is 0 Å². The first kappa shape index (κ1) is 17.5. The van der Waals surface area contributed by atoms with E-state index in [1.807, 2.05) is 13.8 Å². The van der Waals surface area contributed by atoms with Crippen molar-refractivity contribution >= 4 is 17.5 Å². The van der Waals surface area contributed by atoms with E-state index in [-0.39, 0.29) is 11.8 Å². The summed E-state index contributed by atoms with van der Waals surface area (Å²) in [7, 11) is 3.32. The second kappa shape index (κ2) is 7.63. The van der Waals surface area contributed by atoms with Crippen molar-refractivity contribution < 1.29 is 14.3 Å². The molecule has 0 aliphatic carbocycles. The van der Waals surface area contributed by atoms with Crippen LogP contribution in [-0.4, -0.2) is 47.2 Å². The minimum absolute atomic E-state index is 0.220. The smallest absolute Gasteiger partial charge is 0.273 e. The predicted octanol–water partition coefficient (Wildman–Crippen LogP) is 2.26. The number of nitrogens with zero attached hydrogens (tertiary/aromatic N) is 3. The van der Waals surface area contributed by atoms with Crippen molar-refractivity contribution in [2.75, 3.05) is 26.0 Å². The summed E-state index contributed by atoms with van der Waals surface area (Å²) >= 11 is 0. The van der Waals surface area contributed by atoms with E-state index in [4.69, 9.17) is 4.74 Å². The van der Waals surface area contributed by atoms with Crippen LogP contribution in [0.4, 0.5) is 5.69 Å². The maximum absolute atomic E-state index is 12.6. The van der Waals surface area contributed by atoms with Crippen LogP contribution in [0.15, 0.2) is 30.5 Å². The van der Waals surface area contributed by atoms with Crippen LogP contribution >= 0.6 is 0 Å². The molecule has 0 aliphatic rings. The van der Waals surface area contributed by atoms with Gasteiger partial charge in [0, 0.05) is 20.6 Å². The van der Waals surface area contributed by atoms with Crippen LogP contribution in [0.1, 0.15) is 34.7 Å². The molecule has 2 rings (SSSR count). The van der Waals surface area contributed by atoms with Crippen LogP contribution in [-0.2, 0) is 6.54 Å². The lowest BCUT2D eigenvalue weighted by Crippen LogP contribution is -2.26. The molecule has 7 nitrogen and oxygen atoms in total. The molecule has 0 saturated heterocycles. The Bertz CT molecular complexity index is 737. The highest BCUT2D eigenvalue weighted by atomic mass is 16.5. The number of hydrogen-bond acceptors (Lipinski definition) is 4. The predicted molar refractivity (Wildman–Crippen MR) is 91.5 cm³/mol. The number of rotatable bonds is 6. The quantitative estimate of drug-likeness (QED) is 0.881. The van der Waals surface area contributed by atoms with Crippen molar-refractivity contribution in [2.24, 2.45) is 0 Å². The van der Waals surface area contributed by atoms with Gasteiger partial charge >= 0.3 is 0 Å². The lowest BCUT2D eigenvalue weighted by atomic mass is 10.2. The van der Waals surface area contributed by atoms with Crippen molar-refractivity contribution in [3.05, 3.63) is 41.7 Å². The largest absolute Gasteiger partial charge is 0.493 e. The van der Waals surface area contributed by atoms with Gasteiger partial charge in [0.2, 0.25) is 0 Å². The summed E-state index contributed by atoms with van der Waals surface area (Å²) < 4.78 is 7.04. The average molecular weight is 330 g/mol. The molecular formula is C17H22N4O3. The number of ether oxygens (including phenoxy) is 1. The first-order valence-electron chi connectivity index (χ1n) is 7.80. The summed E-state index contributed by atoms with van der Waals surface area (Å²) in [6.07, 6.45) is 1.49. The van der Waals surface area contributed by atoms with Crippen molar-refractivity contribution in [1.82, 2.24) is 14.7 Å². The zero-order valence-corrected chi connectivity index (χ0v) is 14.4. The second-order valence-electron chi connectivity index (χ2n) is 5.31. The summed E-state index contributed by atoms with van der Waals surface area (Å²) in [6.45, 7) is 4.73. The van der Waals surface area contributed by atoms with E-state index in [1.54, 1.807) is 43.0 Å². The van der Waals surface area contributed by atoms with Gasteiger partial charge in [0.25, 0.3) is 11.8 Å². The maximum Gasteiger partial charge on any atom is 0.273 e. The summed E-state index contributed by atoms with van der Waals surface area (Å²) in [5, 5.41) is 6.93. The van der Waals surface area contributed by atoms with Crippen LogP contribution < -0.4 is 10.1 Å². The van der Waals surface area contributed by atoms with Crippen molar-refractivity contribution in [1.29, 1.82) is 0 Å². The van der Waals surface area contributed by atoms with E-state index in [1.165, 1.54) is 11.1 Å². The molecule has 24 heavy (non-hydrogen) atoms. The molecule has 1 N–H and O–H groups in total. The lowest BCUT2D eigenvalue weighted by molar-refractivity contribution is 0.0816. The molecule has 0 fully saturated rings. The molecule has 2 amide bonds. The number of para-hydroxylation sites is 1. The zero-order chi connectivity index (χ0) is 17.7. The van der Waals surface area contributed by atoms with Gasteiger partial charge in [0.05, 0.1) is 24.1 Å². The molecule has 0 spiro atoms. The number of amides is 2. The first-order valence-corrected chi connectivity index (χ1v) is 7.80. The molecule has 0 radical (unpaired) electrons. The monoisotopic (exact) mass is 330 g/mol. The summed E-state index contributed by atoms with van der Waals surface area (Å²) in [5.41, 5.74) is 1.14. The standard InChI is InChI=1S/C17H22N4O3/c1-5-21-15(17(23)20(3)4)13(11-18-21)19-16(22)12-9-7-8-10-14(12)24-6-2/h7-11H,5-6H2,1-4H3,(H,19,22). The molecule has 7 heteroatoms. The number of benzene rings is 1. The van der Waals surface area contributed by atoms with Gasteiger partial charge < -0.3 is 15.0 Å². The average Bonchev–Trinajstić information content (AvgIpc) is 2.97. The van der Waals surface area contributed by atoms with Crippen molar-refractivity contribution in [3.8, 4) is 5.75 Å². The highest BCUT2D eigenvalue weighted by Gasteiger charge is 2.22. The molecule has 1 heterocycles. The number of aryl methyl sites for hydroxylation is 1. The van der Waals surface area contributed by atoms with Gasteiger partial charge in [-0.1, -0.05) is 12.1 Å². The van der Waals surface area contributed by atoms with Crippen LogP contribution in [0.25, 0.3) is 0 Å². The third kappa shape index (κ3) is 3.56. The van der Waals surface area contributed by atoms with E-state index < -0.39 is 0 Å². The maximum atomic E-state index is 12.6. The topological polar surface area (TPSA) is 76.5 Å². The van der Waals surface area contributed by atoms with E-state index in [2.05, 4.69) is 10.4 Å². The Morgan fingerprint density at radius 1 is 1.25 bits per heavy atom. The molecule has 128 valence electrons. The molecule has 0 bridgehead atoms. The third-order valence-corrected chi connectivity index (χ3v) is 3.43. The van der Waals surface area contributed by atoms with Gasteiger partial charge in [-0.25, -0.2) is 0 Å². The van der Waals surface area contributed by atoms with Gasteiger partial charge in [-0.05, 0) is 26.0 Å². The number of hydrogen-bond donors (Lipinski definition) is 1. The molecule has 0 aliphatic heterocycles. The fraction of sp³-hybridized carbons (Fsp3) is 0.353. The minimum atomic E-state index is -0.345. The zero-order valence-electron chi connectivity index (χ0n) is 14.4. The fourth-order valence-electron chi connectivity index (χ4n) is 2.28. The molecule has 1 aromatic carbocycles. The number of anilines is 1. The Labute approximate surface area is 141 Å². The van der Waals surface area contributed by atoms with Gasteiger partial charge in [-0.2, -0.15) is 5.10 Å². The molecule has 2 aromatic rings. The van der Waals surface area contributed by atoms with Gasteiger partial charge in [0.15, 0.2) is 0 Å². The number of carbonyl (C=O) groups is 2. The van der Waals surface area contributed by atoms with E-state index in [9.17, 15) is 9.59 Å². The van der Waals surface area contributed by atoms with Gasteiger partial charge in [-0.3, -0.25) is 14.3 Å². The van der Waals surface area contributed by atoms with Crippen LogP contribution in [0.3, 0.4) is 0 Å². The van der Waals surface area contributed by atoms with Crippen LogP contribution in [0, 0.1) is 0 Å². The third-order valence-electron chi connectivity index (χ3n) is 3.43. The molecular weight excluding hydrogens is 308 g/mol. The van der Waals surface area contributed by atoms with E-state index >= 15 is 0 Å². The SMILES string of the molecule is CCOc1ccccc1C(=O)Nc1cnn(CC)c1C(=O)N(C)C. The fourth-order valence-corrected chi connectivity index (χ4v) is 2.28.